The zero-order chi connectivity index (χ0) is 14.3. The Morgan fingerprint density at radius 3 is 2.37 bits per heavy atom. The van der Waals surface area contributed by atoms with Gasteiger partial charge in [0.2, 0.25) is 0 Å². The quantitative estimate of drug-likeness (QED) is 0.476. The molecule has 0 heterocycles. The summed E-state index contributed by atoms with van der Waals surface area (Å²) >= 11 is 11.7. The molecule has 1 rings (SSSR count). The summed E-state index contributed by atoms with van der Waals surface area (Å²) < 4.78 is 4.82. The van der Waals surface area contributed by atoms with Crippen molar-refractivity contribution in [1.29, 1.82) is 0 Å². The second-order valence-corrected chi connectivity index (χ2v) is 4.29. The lowest BCUT2D eigenvalue weighted by molar-refractivity contribution is -0.135. The standard InChI is InChI=1S/C13H13Cl2NO3/c1-3-19-13(17)11(16-18-2)10(12(14)15)9-7-5-4-6-8-9/h4-8H,3H2,1-2H3/b16-11-. The smallest absolute Gasteiger partial charge is 0.361 e. The predicted molar refractivity (Wildman–Crippen MR) is 76.1 cm³/mol. The van der Waals surface area contributed by atoms with Crippen LogP contribution in [0.1, 0.15) is 12.5 Å². The number of ether oxygens (including phenoxy) is 1. The molecule has 0 bridgehead atoms. The molecule has 0 aliphatic heterocycles. The molecule has 0 atom stereocenters. The molecule has 0 N–H and O–H groups in total. The summed E-state index contributed by atoms with van der Waals surface area (Å²) in [6.07, 6.45) is 0. The molecule has 0 amide bonds. The highest BCUT2D eigenvalue weighted by molar-refractivity contribution is 6.66. The van der Waals surface area contributed by atoms with Gasteiger partial charge < -0.3 is 9.57 Å². The molecule has 0 unspecified atom stereocenters. The van der Waals surface area contributed by atoms with Crippen molar-refractivity contribution in [2.75, 3.05) is 13.7 Å². The Balaban J connectivity index is 3.28. The molecule has 1 aromatic carbocycles. The third-order valence-electron chi connectivity index (χ3n) is 2.14. The van der Waals surface area contributed by atoms with Crippen LogP contribution in [0.15, 0.2) is 40.0 Å². The van der Waals surface area contributed by atoms with E-state index in [4.69, 9.17) is 27.9 Å². The third kappa shape index (κ3) is 4.26. The highest BCUT2D eigenvalue weighted by Gasteiger charge is 2.23. The van der Waals surface area contributed by atoms with E-state index in [1.54, 1.807) is 31.2 Å². The van der Waals surface area contributed by atoms with Gasteiger partial charge in [-0.3, -0.25) is 0 Å². The molecule has 0 aliphatic rings. The molecule has 0 radical (unpaired) electrons. The maximum Gasteiger partial charge on any atom is 0.361 e. The van der Waals surface area contributed by atoms with Crippen molar-refractivity contribution in [3.05, 3.63) is 40.4 Å². The Labute approximate surface area is 121 Å². The van der Waals surface area contributed by atoms with Crippen LogP contribution < -0.4 is 0 Å². The summed E-state index contributed by atoms with van der Waals surface area (Å²) in [6, 6.07) is 8.93. The van der Waals surface area contributed by atoms with Crippen LogP contribution in [0.25, 0.3) is 5.57 Å². The molecule has 19 heavy (non-hydrogen) atoms. The number of esters is 1. The summed E-state index contributed by atoms with van der Waals surface area (Å²) in [7, 11) is 1.32. The van der Waals surface area contributed by atoms with Crippen LogP contribution >= 0.6 is 23.2 Å². The lowest BCUT2D eigenvalue weighted by Gasteiger charge is -2.10. The molecule has 0 spiro atoms. The van der Waals surface area contributed by atoms with E-state index >= 15 is 0 Å². The lowest BCUT2D eigenvalue weighted by atomic mass is 10.0. The fraction of sp³-hybridized carbons (Fsp3) is 0.231. The molecular formula is C13H13Cl2NO3. The Hall–Kier alpha value is -1.52. The van der Waals surface area contributed by atoms with Gasteiger partial charge >= 0.3 is 5.97 Å². The summed E-state index contributed by atoms with van der Waals surface area (Å²) in [5.74, 6) is -0.651. The first-order valence-electron chi connectivity index (χ1n) is 5.51. The van der Waals surface area contributed by atoms with Crippen molar-refractivity contribution >= 4 is 40.5 Å². The second-order valence-electron chi connectivity index (χ2n) is 3.34. The second kappa shape index (κ2) is 7.81. The number of rotatable bonds is 5. The van der Waals surface area contributed by atoms with E-state index in [9.17, 15) is 4.79 Å². The minimum atomic E-state index is -0.651. The summed E-state index contributed by atoms with van der Waals surface area (Å²) in [5, 5.41) is 3.66. The van der Waals surface area contributed by atoms with Crippen LogP contribution in [0.3, 0.4) is 0 Å². The number of carbonyl (C=O) groups is 1. The zero-order valence-corrected chi connectivity index (χ0v) is 12.0. The van der Waals surface area contributed by atoms with Crippen LogP contribution in [-0.2, 0) is 14.4 Å². The van der Waals surface area contributed by atoms with Gasteiger partial charge in [0, 0.05) is 5.57 Å². The van der Waals surface area contributed by atoms with E-state index < -0.39 is 5.97 Å². The first-order chi connectivity index (χ1) is 9.11. The third-order valence-corrected chi connectivity index (χ3v) is 2.52. The number of oxime groups is 1. The molecule has 0 fully saturated rings. The Kier molecular flexibility index (Phi) is 6.39. The first-order valence-corrected chi connectivity index (χ1v) is 6.26. The summed E-state index contributed by atoms with van der Waals surface area (Å²) in [5.41, 5.74) is 0.839. The SMILES string of the molecule is CCOC(=O)/C(=N\OC)C(=C(Cl)Cl)c1ccccc1. The normalized spacial score (nSPS) is 10.8. The van der Waals surface area contributed by atoms with Crippen LogP contribution in [0.2, 0.25) is 0 Å². The van der Waals surface area contributed by atoms with Crippen LogP contribution in [0.5, 0.6) is 0 Å². The number of halogens is 2. The van der Waals surface area contributed by atoms with Gasteiger partial charge in [0.1, 0.15) is 11.6 Å². The number of nitrogens with zero attached hydrogens (tertiary/aromatic N) is 1. The van der Waals surface area contributed by atoms with Gasteiger partial charge in [-0.25, -0.2) is 4.79 Å². The van der Waals surface area contributed by atoms with Crippen LogP contribution in [-0.4, -0.2) is 25.4 Å². The average molecular weight is 302 g/mol. The maximum atomic E-state index is 11.9. The topological polar surface area (TPSA) is 47.9 Å². The van der Waals surface area contributed by atoms with E-state index in [2.05, 4.69) is 9.99 Å². The number of carbonyl (C=O) groups excluding carboxylic acids is 1. The van der Waals surface area contributed by atoms with Crippen LogP contribution in [0, 0.1) is 0 Å². The highest BCUT2D eigenvalue weighted by atomic mass is 35.5. The van der Waals surface area contributed by atoms with Crippen molar-refractivity contribution in [2.45, 2.75) is 6.92 Å². The van der Waals surface area contributed by atoms with Crippen molar-refractivity contribution in [3.8, 4) is 0 Å². The molecular weight excluding hydrogens is 289 g/mol. The molecule has 0 saturated carbocycles. The number of hydrogen-bond donors (Lipinski definition) is 0. The van der Waals surface area contributed by atoms with E-state index in [-0.39, 0.29) is 22.4 Å². The van der Waals surface area contributed by atoms with Crippen molar-refractivity contribution < 1.29 is 14.4 Å². The minimum absolute atomic E-state index is 0.0736. The van der Waals surface area contributed by atoms with Gasteiger partial charge in [-0.1, -0.05) is 58.7 Å². The largest absolute Gasteiger partial charge is 0.461 e. The van der Waals surface area contributed by atoms with Crippen molar-refractivity contribution in [2.24, 2.45) is 5.16 Å². The highest BCUT2D eigenvalue weighted by Crippen LogP contribution is 2.26. The fourth-order valence-corrected chi connectivity index (χ4v) is 1.81. The Morgan fingerprint density at radius 2 is 1.89 bits per heavy atom. The maximum absolute atomic E-state index is 11.9. The molecule has 4 nitrogen and oxygen atoms in total. The first kappa shape index (κ1) is 15.5. The van der Waals surface area contributed by atoms with E-state index in [1.807, 2.05) is 6.07 Å². The molecule has 102 valence electrons. The molecule has 0 aliphatic carbocycles. The van der Waals surface area contributed by atoms with Gasteiger partial charge in [-0.2, -0.15) is 0 Å². The van der Waals surface area contributed by atoms with Gasteiger partial charge in [0.15, 0.2) is 5.71 Å². The fourth-order valence-electron chi connectivity index (χ4n) is 1.42. The molecule has 6 heteroatoms. The van der Waals surface area contributed by atoms with Crippen molar-refractivity contribution in [3.63, 3.8) is 0 Å². The zero-order valence-electron chi connectivity index (χ0n) is 10.5. The van der Waals surface area contributed by atoms with Crippen LogP contribution in [0.4, 0.5) is 0 Å². The molecule has 0 saturated heterocycles. The lowest BCUT2D eigenvalue weighted by Crippen LogP contribution is -2.20. The van der Waals surface area contributed by atoms with E-state index in [1.165, 1.54) is 7.11 Å². The van der Waals surface area contributed by atoms with E-state index in [0.29, 0.717) is 5.56 Å². The number of benzene rings is 1. The van der Waals surface area contributed by atoms with Gasteiger partial charge in [0.05, 0.1) is 6.61 Å². The van der Waals surface area contributed by atoms with Gasteiger partial charge in [-0.05, 0) is 12.5 Å². The Morgan fingerprint density at radius 1 is 1.26 bits per heavy atom. The molecule has 0 aromatic heterocycles. The number of hydrogen-bond acceptors (Lipinski definition) is 4. The molecule has 1 aromatic rings. The summed E-state index contributed by atoms with van der Waals surface area (Å²) in [4.78, 5) is 16.5. The summed E-state index contributed by atoms with van der Waals surface area (Å²) in [6.45, 7) is 1.90. The van der Waals surface area contributed by atoms with Crippen molar-refractivity contribution in [1.82, 2.24) is 0 Å². The average Bonchev–Trinajstić information content (AvgIpc) is 2.39. The predicted octanol–water partition coefficient (Wildman–Crippen LogP) is 3.40. The van der Waals surface area contributed by atoms with Gasteiger partial charge in [0.25, 0.3) is 0 Å². The monoisotopic (exact) mass is 301 g/mol. The van der Waals surface area contributed by atoms with E-state index in [0.717, 1.165) is 0 Å². The van der Waals surface area contributed by atoms with Gasteiger partial charge in [-0.15, -0.1) is 0 Å². The minimum Gasteiger partial charge on any atom is -0.461 e. The Bertz CT molecular complexity index is 494.